The predicted molar refractivity (Wildman–Crippen MR) is 130 cm³/mol. The average Bonchev–Trinajstić information content (AvgIpc) is 3.46. The highest BCUT2D eigenvalue weighted by Crippen LogP contribution is 2.37. The Bertz CT molecular complexity index is 1260. The Kier molecular flexibility index (Phi) is 5.75. The minimum absolute atomic E-state index is 0.0297. The third kappa shape index (κ3) is 4.24. The van der Waals surface area contributed by atoms with Crippen LogP contribution >= 0.6 is 0 Å². The molecule has 1 saturated heterocycles. The summed E-state index contributed by atoms with van der Waals surface area (Å²) in [7, 11) is 0. The molecule has 3 heterocycles. The number of ether oxygens (including phenoxy) is 1. The molecule has 1 saturated carbocycles. The fraction of sp³-hybridized carbons (Fsp3) is 0.462. The number of rotatable bonds is 6. The van der Waals surface area contributed by atoms with Crippen LogP contribution in [0.5, 0.6) is 5.75 Å². The Hall–Kier alpha value is -3.42. The summed E-state index contributed by atoms with van der Waals surface area (Å²) in [4.78, 5) is 39.3. The van der Waals surface area contributed by atoms with E-state index in [4.69, 9.17) is 4.74 Å². The number of carbonyl (C=O) groups excluding carboxylic acids is 2. The first-order chi connectivity index (χ1) is 16.3. The maximum absolute atomic E-state index is 13.4. The second kappa shape index (κ2) is 8.74. The molecule has 0 spiro atoms. The molecule has 0 unspecified atom stereocenters. The Labute approximate surface area is 199 Å². The maximum Gasteiger partial charge on any atom is 0.255 e. The van der Waals surface area contributed by atoms with Crippen molar-refractivity contribution in [1.29, 1.82) is 0 Å². The highest BCUT2D eigenvalue weighted by atomic mass is 16.5. The lowest BCUT2D eigenvalue weighted by Gasteiger charge is -2.16. The number of hydrogen-bond acceptors (Lipinski definition) is 5. The van der Waals surface area contributed by atoms with Crippen LogP contribution in [0.2, 0.25) is 0 Å². The molecule has 0 bridgehead atoms. The van der Waals surface area contributed by atoms with Crippen molar-refractivity contribution in [1.82, 2.24) is 25.2 Å². The smallest absolute Gasteiger partial charge is 0.255 e. The number of hydrogen-bond donors (Lipinski definition) is 2. The minimum Gasteiger partial charge on any atom is -0.493 e. The number of aryl methyl sites for hydroxylation is 2. The first-order valence-electron chi connectivity index (χ1n) is 11.9. The third-order valence-electron chi connectivity index (χ3n) is 6.93. The third-order valence-corrected chi connectivity index (χ3v) is 6.93. The molecule has 2 atom stereocenters. The van der Waals surface area contributed by atoms with Gasteiger partial charge in [0.05, 0.1) is 23.7 Å². The zero-order valence-corrected chi connectivity index (χ0v) is 20.1. The van der Waals surface area contributed by atoms with Crippen LogP contribution in [0.4, 0.5) is 0 Å². The molecule has 8 nitrogen and oxygen atoms in total. The Balaban J connectivity index is 1.48. The van der Waals surface area contributed by atoms with Crippen LogP contribution in [-0.2, 0) is 4.79 Å². The zero-order valence-electron chi connectivity index (χ0n) is 20.1. The number of H-pyrrole nitrogens is 1. The molecule has 5 rings (SSSR count). The summed E-state index contributed by atoms with van der Waals surface area (Å²) in [5.74, 6) is 1.45. The second-order valence-electron chi connectivity index (χ2n) is 9.81. The molecular weight excluding hydrogens is 430 g/mol. The van der Waals surface area contributed by atoms with Gasteiger partial charge in [0.15, 0.2) is 0 Å². The van der Waals surface area contributed by atoms with Crippen LogP contribution in [0.3, 0.4) is 0 Å². The Morgan fingerprint density at radius 3 is 2.71 bits per heavy atom. The van der Waals surface area contributed by atoms with Gasteiger partial charge in [0.25, 0.3) is 5.91 Å². The van der Waals surface area contributed by atoms with E-state index in [9.17, 15) is 9.59 Å². The SMILES string of the molecule is CC(=O)N1C[C@H](C)[C@H](NC(=O)c2c(C)[nH]c3c(-c4cc(C)ccc4OCC4CC4)ncnc23)C1. The van der Waals surface area contributed by atoms with Gasteiger partial charge in [-0.05, 0) is 50.7 Å². The van der Waals surface area contributed by atoms with E-state index < -0.39 is 0 Å². The van der Waals surface area contributed by atoms with E-state index in [0.717, 1.165) is 33.8 Å². The van der Waals surface area contributed by atoms with Gasteiger partial charge in [-0.25, -0.2) is 9.97 Å². The van der Waals surface area contributed by atoms with Crippen molar-refractivity contribution >= 4 is 22.8 Å². The van der Waals surface area contributed by atoms with Gasteiger partial charge in [0, 0.05) is 31.3 Å². The average molecular weight is 462 g/mol. The number of aromatic nitrogens is 3. The van der Waals surface area contributed by atoms with E-state index in [-0.39, 0.29) is 23.8 Å². The summed E-state index contributed by atoms with van der Waals surface area (Å²) in [5, 5.41) is 3.13. The molecule has 1 aliphatic heterocycles. The first kappa shape index (κ1) is 22.4. The van der Waals surface area contributed by atoms with Gasteiger partial charge in [0.1, 0.15) is 23.3 Å². The number of amides is 2. The topological polar surface area (TPSA) is 100 Å². The molecule has 3 aromatic rings. The molecule has 2 aromatic heterocycles. The molecule has 178 valence electrons. The minimum atomic E-state index is -0.190. The van der Waals surface area contributed by atoms with Crippen molar-refractivity contribution in [3.05, 3.63) is 41.3 Å². The molecule has 34 heavy (non-hydrogen) atoms. The lowest BCUT2D eigenvalue weighted by Crippen LogP contribution is -2.40. The fourth-order valence-corrected chi connectivity index (χ4v) is 4.70. The number of carbonyl (C=O) groups is 2. The molecule has 8 heteroatoms. The van der Waals surface area contributed by atoms with Crippen molar-refractivity contribution in [2.75, 3.05) is 19.7 Å². The predicted octanol–water partition coefficient (Wildman–Crippen LogP) is 3.63. The first-order valence-corrected chi connectivity index (χ1v) is 11.9. The van der Waals surface area contributed by atoms with Gasteiger partial charge in [0.2, 0.25) is 5.91 Å². The van der Waals surface area contributed by atoms with E-state index >= 15 is 0 Å². The molecule has 2 amide bonds. The molecular formula is C26H31N5O3. The van der Waals surface area contributed by atoms with E-state index in [0.29, 0.717) is 36.7 Å². The van der Waals surface area contributed by atoms with Crippen molar-refractivity contribution in [3.63, 3.8) is 0 Å². The molecule has 2 N–H and O–H groups in total. The molecule has 2 aliphatic rings. The molecule has 0 radical (unpaired) electrons. The normalized spacial score (nSPS) is 20.1. The summed E-state index contributed by atoms with van der Waals surface area (Å²) in [5.41, 5.74) is 5.27. The number of likely N-dealkylation sites (tertiary alicyclic amines) is 1. The summed E-state index contributed by atoms with van der Waals surface area (Å²) >= 11 is 0. The quantitative estimate of drug-likeness (QED) is 0.584. The van der Waals surface area contributed by atoms with Gasteiger partial charge in [-0.3, -0.25) is 9.59 Å². The van der Waals surface area contributed by atoms with Crippen LogP contribution < -0.4 is 10.1 Å². The van der Waals surface area contributed by atoms with Crippen LogP contribution in [0.25, 0.3) is 22.3 Å². The van der Waals surface area contributed by atoms with Crippen molar-refractivity contribution < 1.29 is 14.3 Å². The Morgan fingerprint density at radius 2 is 2.00 bits per heavy atom. The van der Waals surface area contributed by atoms with Gasteiger partial charge < -0.3 is 19.9 Å². The van der Waals surface area contributed by atoms with E-state index in [1.165, 1.54) is 19.2 Å². The monoisotopic (exact) mass is 461 g/mol. The van der Waals surface area contributed by atoms with E-state index in [1.54, 1.807) is 11.8 Å². The lowest BCUT2D eigenvalue weighted by molar-refractivity contribution is -0.127. The van der Waals surface area contributed by atoms with Gasteiger partial charge >= 0.3 is 0 Å². The number of aromatic amines is 1. The molecule has 2 fully saturated rings. The summed E-state index contributed by atoms with van der Waals surface area (Å²) in [6, 6.07) is 6.00. The van der Waals surface area contributed by atoms with Crippen LogP contribution in [-0.4, -0.2) is 57.4 Å². The number of nitrogens with one attached hydrogen (secondary N) is 2. The van der Waals surface area contributed by atoms with Gasteiger partial charge in [-0.2, -0.15) is 0 Å². The van der Waals surface area contributed by atoms with Crippen LogP contribution in [0, 0.1) is 25.7 Å². The number of fused-ring (bicyclic) bond motifs is 1. The van der Waals surface area contributed by atoms with Crippen LogP contribution in [0.15, 0.2) is 24.5 Å². The largest absolute Gasteiger partial charge is 0.493 e. The summed E-state index contributed by atoms with van der Waals surface area (Å²) in [6.07, 6.45) is 3.94. The highest BCUT2D eigenvalue weighted by Gasteiger charge is 2.33. The highest BCUT2D eigenvalue weighted by molar-refractivity contribution is 6.09. The zero-order chi connectivity index (χ0) is 24.0. The van der Waals surface area contributed by atoms with E-state index in [2.05, 4.69) is 33.3 Å². The van der Waals surface area contributed by atoms with Gasteiger partial charge in [-0.15, -0.1) is 0 Å². The number of nitrogens with zero attached hydrogens (tertiary/aromatic N) is 3. The van der Waals surface area contributed by atoms with Gasteiger partial charge in [-0.1, -0.05) is 18.6 Å². The van der Waals surface area contributed by atoms with Crippen molar-refractivity contribution in [3.8, 4) is 17.0 Å². The lowest BCUT2D eigenvalue weighted by atomic mass is 10.0. The second-order valence-corrected chi connectivity index (χ2v) is 9.81. The van der Waals surface area contributed by atoms with E-state index in [1.807, 2.05) is 26.0 Å². The molecule has 1 aliphatic carbocycles. The summed E-state index contributed by atoms with van der Waals surface area (Å²) < 4.78 is 6.15. The van der Waals surface area contributed by atoms with Crippen molar-refractivity contribution in [2.45, 2.75) is 46.6 Å². The van der Waals surface area contributed by atoms with Crippen LogP contribution in [0.1, 0.15) is 48.3 Å². The maximum atomic E-state index is 13.4. The summed E-state index contributed by atoms with van der Waals surface area (Å²) in [6.45, 7) is 9.41. The fourth-order valence-electron chi connectivity index (χ4n) is 4.70. The number of benzene rings is 1. The standard InChI is InChI=1S/C26H31N5O3/c1-14-5-8-21(34-12-18-6-7-18)19(9-14)23-25-24(28-13-27-23)22(16(3)29-25)26(33)30-20-11-31(17(4)32)10-15(20)2/h5,8-9,13,15,18,20,29H,6-7,10-12H2,1-4H3,(H,30,33)/t15-,20+/m0/s1. The van der Waals surface area contributed by atoms with Crippen molar-refractivity contribution in [2.24, 2.45) is 11.8 Å². The molecule has 1 aromatic carbocycles. The Morgan fingerprint density at radius 1 is 1.21 bits per heavy atom.